The summed E-state index contributed by atoms with van der Waals surface area (Å²) in [4.78, 5) is 12.3. The fourth-order valence-electron chi connectivity index (χ4n) is 2.49. The van der Waals surface area contributed by atoms with E-state index < -0.39 is 0 Å². The number of benzene rings is 1. The van der Waals surface area contributed by atoms with E-state index in [2.05, 4.69) is 5.32 Å². The second kappa shape index (κ2) is 6.61. The fraction of sp³-hybridized carbons (Fsp3) is 0.533. The van der Waals surface area contributed by atoms with Gasteiger partial charge < -0.3 is 20.5 Å². The molecule has 0 bridgehead atoms. The van der Waals surface area contributed by atoms with Crippen LogP contribution >= 0.6 is 0 Å². The minimum absolute atomic E-state index is 0.118. The first-order valence-corrected chi connectivity index (χ1v) is 6.94. The molecule has 1 atom stereocenters. The van der Waals surface area contributed by atoms with Crippen molar-refractivity contribution in [3.63, 3.8) is 0 Å². The number of carbonyl (C=O) groups is 1. The molecule has 1 aliphatic rings. The molecule has 3 N–H and O–H groups in total. The van der Waals surface area contributed by atoms with Crippen LogP contribution in [0.4, 0.5) is 5.69 Å². The number of amides is 1. The zero-order valence-electron chi connectivity index (χ0n) is 12.0. The largest absolute Gasteiger partial charge is 0.497 e. The Morgan fingerprint density at radius 1 is 1.45 bits per heavy atom. The van der Waals surface area contributed by atoms with Crippen LogP contribution in [0.2, 0.25) is 0 Å². The van der Waals surface area contributed by atoms with Crippen LogP contribution in [0.25, 0.3) is 0 Å². The van der Waals surface area contributed by atoms with Crippen LogP contribution in [-0.2, 0) is 4.74 Å². The number of nitrogen functional groups attached to an aromatic ring is 1. The molecule has 1 aromatic rings. The predicted octanol–water partition coefficient (Wildman–Crippen LogP) is 1.82. The van der Waals surface area contributed by atoms with Crippen molar-refractivity contribution in [2.24, 2.45) is 5.92 Å². The van der Waals surface area contributed by atoms with E-state index in [1.54, 1.807) is 25.3 Å². The summed E-state index contributed by atoms with van der Waals surface area (Å²) in [5.41, 5.74) is 6.81. The first kappa shape index (κ1) is 14.7. The molecule has 1 aromatic carbocycles. The first-order chi connectivity index (χ1) is 9.61. The highest BCUT2D eigenvalue weighted by Crippen LogP contribution is 2.22. The van der Waals surface area contributed by atoms with Gasteiger partial charge in [-0.25, -0.2) is 0 Å². The number of carbonyl (C=O) groups excluding carboxylic acids is 1. The molecule has 1 fully saturated rings. The molecule has 1 amide bonds. The third kappa shape index (κ3) is 3.42. The molecule has 1 saturated heterocycles. The highest BCUT2D eigenvalue weighted by molar-refractivity contribution is 5.99. The molecule has 0 aliphatic carbocycles. The van der Waals surface area contributed by atoms with Crippen LogP contribution in [0, 0.1) is 5.92 Å². The minimum Gasteiger partial charge on any atom is -0.497 e. The maximum Gasteiger partial charge on any atom is 0.253 e. The highest BCUT2D eigenvalue weighted by Gasteiger charge is 2.22. The van der Waals surface area contributed by atoms with Crippen molar-refractivity contribution < 1.29 is 14.3 Å². The zero-order chi connectivity index (χ0) is 14.5. The number of rotatable bonds is 4. The Hall–Kier alpha value is -1.75. The van der Waals surface area contributed by atoms with E-state index in [-0.39, 0.29) is 11.9 Å². The van der Waals surface area contributed by atoms with E-state index >= 15 is 0 Å². The number of nitrogens with two attached hydrogens (primary N) is 1. The molecule has 2 rings (SSSR count). The van der Waals surface area contributed by atoms with Crippen molar-refractivity contribution in [1.29, 1.82) is 0 Å². The number of ether oxygens (including phenoxy) is 2. The maximum absolute atomic E-state index is 12.3. The molecule has 1 unspecified atom stereocenters. The van der Waals surface area contributed by atoms with Gasteiger partial charge in [-0.1, -0.05) is 0 Å². The Morgan fingerprint density at radius 3 is 2.75 bits per heavy atom. The van der Waals surface area contributed by atoms with Gasteiger partial charge >= 0.3 is 0 Å². The van der Waals surface area contributed by atoms with Crippen molar-refractivity contribution in [2.45, 2.75) is 25.8 Å². The number of hydrogen-bond acceptors (Lipinski definition) is 4. The van der Waals surface area contributed by atoms with E-state index in [1.165, 1.54) is 0 Å². The molecule has 0 spiro atoms. The fourth-order valence-corrected chi connectivity index (χ4v) is 2.49. The van der Waals surface area contributed by atoms with E-state index in [1.807, 2.05) is 6.92 Å². The van der Waals surface area contributed by atoms with E-state index in [0.717, 1.165) is 26.1 Å². The van der Waals surface area contributed by atoms with Gasteiger partial charge in [0.1, 0.15) is 5.75 Å². The average molecular weight is 278 g/mol. The second-order valence-corrected chi connectivity index (χ2v) is 5.17. The average Bonchev–Trinajstić information content (AvgIpc) is 2.47. The summed E-state index contributed by atoms with van der Waals surface area (Å²) >= 11 is 0. The first-order valence-electron chi connectivity index (χ1n) is 6.94. The lowest BCUT2D eigenvalue weighted by molar-refractivity contribution is 0.0538. The number of methoxy groups -OCH3 is 1. The molecule has 0 aromatic heterocycles. The summed E-state index contributed by atoms with van der Waals surface area (Å²) in [5, 5.41) is 3.03. The minimum atomic E-state index is -0.135. The lowest BCUT2D eigenvalue weighted by Gasteiger charge is -2.28. The summed E-state index contributed by atoms with van der Waals surface area (Å²) in [6, 6.07) is 5.21. The molecule has 20 heavy (non-hydrogen) atoms. The molecular weight excluding hydrogens is 256 g/mol. The molecular formula is C15H22N2O3. The standard InChI is InChI=1S/C15H22N2O3/c1-10(11-5-7-20-8-6-11)17-15(18)13-4-3-12(19-2)9-14(13)16/h3-4,9-11H,5-8,16H2,1-2H3,(H,17,18). The topological polar surface area (TPSA) is 73.6 Å². The van der Waals surface area contributed by atoms with Crippen molar-refractivity contribution in [1.82, 2.24) is 5.32 Å². The summed E-state index contributed by atoms with van der Waals surface area (Å²) in [7, 11) is 1.57. The van der Waals surface area contributed by atoms with Crippen molar-refractivity contribution in [2.75, 3.05) is 26.1 Å². The van der Waals surface area contributed by atoms with Gasteiger partial charge in [0.15, 0.2) is 0 Å². The van der Waals surface area contributed by atoms with Gasteiger partial charge in [0.2, 0.25) is 0 Å². The van der Waals surface area contributed by atoms with Gasteiger partial charge in [-0.05, 0) is 37.8 Å². The second-order valence-electron chi connectivity index (χ2n) is 5.17. The van der Waals surface area contributed by atoms with Crippen LogP contribution < -0.4 is 15.8 Å². The monoisotopic (exact) mass is 278 g/mol. The Bertz CT molecular complexity index is 470. The summed E-state index contributed by atoms with van der Waals surface area (Å²) in [6.07, 6.45) is 1.97. The maximum atomic E-state index is 12.3. The zero-order valence-corrected chi connectivity index (χ0v) is 12.0. The van der Waals surface area contributed by atoms with Gasteiger partial charge in [0.05, 0.1) is 12.7 Å². The third-order valence-electron chi connectivity index (χ3n) is 3.84. The Kier molecular flexibility index (Phi) is 4.84. The van der Waals surface area contributed by atoms with Crippen LogP contribution in [0.5, 0.6) is 5.75 Å². The van der Waals surface area contributed by atoms with Crippen molar-refractivity contribution >= 4 is 11.6 Å². The highest BCUT2D eigenvalue weighted by atomic mass is 16.5. The van der Waals surface area contributed by atoms with Gasteiger partial charge in [-0.2, -0.15) is 0 Å². The molecule has 110 valence electrons. The van der Waals surface area contributed by atoms with E-state index in [9.17, 15) is 4.79 Å². The van der Waals surface area contributed by atoms with Crippen molar-refractivity contribution in [3.8, 4) is 5.75 Å². The van der Waals surface area contributed by atoms with Crippen LogP contribution in [0.3, 0.4) is 0 Å². The summed E-state index contributed by atoms with van der Waals surface area (Å²) in [5.74, 6) is 0.979. The quantitative estimate of drug-likeness (QED) is 0.824. The third-order valence-corrected chi connectivity index (χ3v) is 3.84. The van der Waals surface area contributed by atoms with E-state index in [4.69, 9.17) is 15.2 Å². The Labute approximate surface area is 119 Å². The lowest BCUT2D eigenvalue weighted by atomic mass is 9.92. The molecule has 0 saturated carbocycles. The SMILES string of the molecule is COc1ccc(C(=O)NC(C)C2CCOCC2)c(N)c1. The summed E-state index contributed by atoms with van der Waals surface area (Å²) < 4.78 is 10.4. The molecule has 5 nitrogen and oxygen atoms in total. The van der Waals surface area contributed by atoms with Gasteiger partial charge in [-0.3, -0.25) is 4.79 Å². The predicted molar refractivity (Wildman–Crippen MR) is 77.9 cm³/mol. The smallest absolute Gasteiger partial charge is 0.253 e. The van der Waals surface area contributed by atoms with Crippen molar-refractivity contribution in [3.05, 3.63) is 23.8 Å². The number of nitrogens with one attached hydrogen (secondary N) is 1. The van der Waals surface area contributed by atoms with E-state index in [0.29, 0.717) is 22.9 Å². The summed E-state index contributed by atoms with van der Waals surface area (Å²) in [6.45, 7) is 3.58. The Morgan fingerprint density at radius 2 is 2.15 bits per heavy atom. The lowest BCUT2D eigenvalue weighted by Crippen LogP contribution is -2.40. The Balaban J connectivity index is 2.00. The number of hydrogen-bond donors (Lipinski definition) is 2. The van der Waals surface area contributed by atoms with Crippen LogP contribution in [0.15, 0.2) is 18.2 Å². The van der Waals surface area contributed by atoms with Gasteiger partial charge in [0.25, 0.3) is 5.91 Å². The molecule has 1 heterocycles. The van der Waals surface area contributed by atoms with Crippen LogP contribution in [-0.4, -0.2) is 32.3 Å². The van der Waals surface area contributed by atoms with Crippen LogP contribution in [0.1, 0.15) is 30.1 Å². The normalized spacial score (nSPS) is 17.5. The molecule has 5 heteroatoms. The van der Waals surface area contributed by atoms with Gasteiger partial charge in [0, 0.05) is 31.0 Å². The molecule has 0 radical (unpaired) electrons. The molecule has 1 aliphatic heterocycles. The number of anilines is 1. The van der Waals surface area contributed by atoms with Gasteiger partial charge in [-0.15, -0.1) is 0 Å².